The molecule has 0 spiro atoms. The van der Waals surface area contributed by atoms with Crippen LogP contribution in [0.5, 0.6) is 0 Å². The van der Waals surface area contributed by atoms with Gasteiger partial charge in [-0.1, -0.05) is 166 Å². The smallest absolute Gasteiger partial charge is 0.0159 e. The zero-order valence-corrected chi connectivity index (χ0v) is 25.5. The van der Waals surface area contributed by atoms with Gasteiger partial charge in [-0.25, -0.2) is 0 Å². The van der Waals surface area contributed by atoms with E-state index in [0.29, 0.717) is 0 Å². The summed E-state index contributed by atoms with van der Waals surface area (Å²) in [6.07, 6.45) is 0. The summed E-state index contributed by atoms with van der Waals surface area (Å²) in [6, 6.07) is 58.3. The molecule has 0 heteroatoms. The monoisotopic (exact) mass is 572 g/mol. The highest BCUT2D eigenvalue weighted by molar-refractivity contribution is 6.21. The van der Waals surface area contributed by atoms with E-state index in [0.717, 1.165) is 0 Å². The van der Waals surface area contributed by atoms with E-state index in [4.69, 9.17) is 0 Å². The number of hydrogen-bond donors (Lipinski definition) is 0. The highest BCUT2D eigenvalue weighted by Crippen LogP contribution is 2.53. The molecule has 0 heterocycles. The molecule has 0 amide bonds. The summed E-state index contributed by atoms with van der Waals surface area (Å²) in [5, 5.41) is 7.79. The summed E-state index contributed by atoms with van der Waals surface area (Å²) in [5.41, 5.74) is 13.1. The fraction of sp³-hybridized carbons (Fsp3) is 0.0667. The molecule has 8 aromatic carbocycles. The van der Waals surface area contributed by atoms with Crippen LogP contribution in [0.25, 0.3) is 76.8 Å². The minimum Gasteiger partial charge on any atom is -0.0622 e. The Labute approximate surface area is 264 Å². The molecule has 0 saturated heterocycles. The van der Waals surface area contributed by atoms with Crippen LogP contribution in [0.2, 0.25) is 0 Å². The van der Waals surface area contributed by atoms with E-state index in [1.54, 1.807) is 0 Å². The fourth-order valence-corrected chi connectivity index (χ4v) is 7.87. The Morgan fingerprint density at radius 2 is 0.822 bits per heavy atom. The largest absolute Gasteiger partial charge is 0.0622 e. The van der Waals surface area contributed by atoms with Crippen molar-refractivity contribution in [2.45, 2.75) is 19.3 Å². The van der Waals surface area contributed by atoms with Gasteiger partial charge in [0.05, 0.1) is 0 Å². The van der Waals surface area contributed by atoms with Crippen molar-refractivity contribution in [3.05, 3.63) is 169 Å². The fourth-order valence-electron chi connectivity index (χ4n) is 7.87. The molecule has 45 heavy (non-hydrogen) atoms. The molecule has 1 aliphatic rings. The third-order valence-electron chi connectivity index (χ3n) is 10.1. The van der Waals surface area contributed by atoms with Gasteiger partial charge < -0.3 is 0 Å². The van der Waals surface area contributed by atoms with E-state index < -0.39 is 0 Å². The zero-order valence-electron chi connectivity index (χ0n) is 25.5. The van der Waals surface area contributed by atoms with Crippen LogP contribution in [-0.2, 0) is 5.41 Å². The van der Waals surface area contributed by atoms with Crippen molar-refractivity contribution in [1.82, 2.24) is 0 Å². The van der Waals surface area contributed by atoms with Crippen LogP contribution in [-0.4, -0.2) is 0 Å². The molecule has 0 N–H and O–H groups in total. The summed E-state index contributed by atoms with van der Waals surface area (Å²) in [5.74, 6) is 0. The molecule has 0 nitrogen and oxygen atoms in total. The molecule has 0 saturated carbocycles. The van der Waals surface area contributed by atoms with Gasteiger partial charge in [-0.15, -0.1) is 0 Å². The van der Waals surface area contributed by atoms with Crippen molar-refractivity contribution < 1.29 is 0 Å². The highest BCUT2D eigenvalue weighted by Gasteiger charge is 2.36. The molecule has 8 aromatic rings. The standard InChI is InChI=1S/C45H32/c1-45(2)40-27-25-31-14-6-7-15-34(31)44(40)39-26-24-33(28-41(39)45)43-37-18-10-8-16-35(37)42(36-17-9-11-19-38(36)43)32-22-20-30(21-23-32)29-12-4-3-5-13-29/h3-28H,1-2H3. The van der Waals surface area contributed by atoms with Crippen LogP contribution in [0.15, 0.2) is 158 Å². The SMILES string of the molecule is CC1(C)c2cc(-c3c4ccccc4c(-c4ccc(-c5ccccc5)cc4)c4ccccc34)ccc2-c2c1ccc1ccccc21. The molecular weight excluding hydrogens is 540 g/mol. The van der Waals surface area contributed by atoms with Gasteiger partial charge in [-0.05, 0) is 94.0 Å². The van der Waals surface area contributed by atoms with E-state index in [1.807, 2.05) is 0 Å². The lowest BCUT2D eigenvalue weighted by atomic mass is 9.80. The van der Waals surface area contributed by atoms with Gasteiger partial charge in [0.15, 0.2) is 0 Å². The minimum absolute atomic E-state index is 0.0866. The first-order valence-electron chi connectivity index (χ1n) is 15.9. The van der Waals surface area contributed by atoms with Gasteiger partial charge in [0, 0.05) is 5.41 Å². The molecule has 212 valence electrons. The molecule has 0 aromatic heterocycles. The molecule has 1 aliphatic carbocycles. The van der Waals surface area contributed by atoms with Gasteiger partial charge >= 0.3 is 0 Å². The quantitative estimate of drug-likeness (QED) is 0.185. The Morgan fingerprint density at radius 1 is 0.333 bits per heavy atom. The first-order chi connectivity index (χ1) is 22.1. The molecule has 0 aliphatic heterocycles. The maximum atomic E-state index is 2.48. The van der Waals surface area contributed by atoms with E-state index in [2.05, 4.69) is 172 Å². The van der Waals surface area contributed by atoms with Crippen molar-refractivity contribution in [3.8, 4) is 44.5 Å². The van der Waals surface area contributed by atoms with Crippen molar-refractivity contribution >= 4 is 32.3 Å². The lowest BCUT2D eigenvalue weighted by Crippen LogP contribution is -2.15. The summed E-state index contributed by atoms with van der Waals surface area (Å²) >= 11 is 0. The number of rotatable bonds is 3. The Hall–Kier alpha value is -5.46. The molecule has 0 radical (unpaired) electrons. The molecule has 0 atom stereocenters. The van der Waals surface area contributed by atoms with Crippen molar-refractivity contribution in [3.63, 3.8) is 0 Å². The molecule has 9 rings (SSSR count). The van der Waals surface area contributed by atoms with E-state index >= 15 is 0 Å². The lowest BCUT2D eigenvalue weighted by molar-refractivity contribution is 0.661. The van der Waals surface area contributed by atoms with Crippen LogP contribution in [0.3, 0.4) is 0 Å². The molecular formula is C45H32. The molecule has 0 bridgehead atoms. The second kappa shape index (κ2) is 9.78. The summed E-state index contributed by atoms with van der Waals surface area (Å²) in [4.78, 5) is 0. The Bertz CT molecular complexity index is 2370. The third-order valence-corrected chi connectivity index (χ3v) is 10.1. The summed E-state index contributed by atoms with van der Waals surface area (Å²) in [6.45, 7) is 4.77. The average molecular weight is 573 g/mol. The first kappa shape index (κ1) is 26.0. The lowest BCUT2D eigenvalue weighted by Gasteiger charge is -2.23. The van der Waals surface area contributed by atoms with Crippen molar-refractivity contribution in [2.75, 3.05) is 0 Å². The Morgan fingerprint density at radius 3 is 1.47 bits per heavy atom. The molecule has 0 unspecified atom stereocenters. The van der Waals surface area contributed by atoms with Gasteiger partial charge in [0.1, 0.15) is 0 Å². The van der Waals surface area contributed by atoms with E-state index in [1.165, 1.54) is 88.0 Å². The zero-order chi connectivity index (χ0) is 30.1. The van der Waals surface area contributed by atoms with Crippen molar-refractivity contribution in [1.29, 1.82) is 0 Å². The maximum absolute atomic E-state index is 2.48. The highest BCUT2D eigenvalue weighted by atomic mass is 14.4. The number of benzene rings is 8. The van der Waals surface area contributed by atoms with Crippen LogP contribution in [0.4, 0.5) is 0 Å². The van der Waals surface area contributed by atoms with Crippen LogP contribution in [0.1, 0.15) is 25.0 Å². The van der Waals surface area contributed by atoms with Gasteiger partial charge in [0.2, 0.25) is 0 Å². The molecule has 0 fully saturated rings. The van der Waals surface area contributed by atoms with Crippen molar-refractivity contribution in [2.24, 2.45) is 0 Å². The number of fused-ring (bicyclic) bond motifs is 7. The Kier molecular flexibility index (Phi) is 5.64. The minimum atomic E-state index is -0.0866. The van der Waals surface area contributed by atoms with Gasteiger partial charge in [0.25, 0.3) is 0 Å². The normalized spacial score (nSPS) is 13.3. The predicted molar refractivity (Wildman–Crippen MR) is 193 cm³/mol. The Balaban J connectivity index is 1.27. The summed E-state index contributed by atoms with van der Waals surface area (Å²) < 4.78 is 0. The topological polar surface area (TPSA) is 0 Å². The van der Waals surface area contributed by atoms with Gasteiger partial charge in [-0.3, -0.25) is 0 Å². The van der Waals surface area contributed by atoms with Crippen LogP contribution in [0, 0.1) is 0 Å². The van der Waals surface area contributed by atoms with E-state index in [-0.39, 0.29) is 5.41 Å². The van der Waals surface area contributed by atoms with E-state index in [9.17, 15) is 0 Å². The van der Waals surface area contributed by atoms with Crippen LogP contribution >= 0.6 is 0 Å². The number of hydrogen-bond acceptors (Lipinski definition) is 0. The second-order valence-corrected chi connectivity index (χ2v) is 12.9. The second-order valence-electron chi connectivity index (χ2n) is 12.9. The van der Waals surface area contributed by atoms with Crippen LogP contribution < -0.4 is 0 Å². The average Bonchev–Trinajstić information content (AvgIpc) is 3.33. The van der Waals surface area contributed by atoms with Gasteiger partial charge in [-0.2, -0.15) is 0 Å². The maximum Gasteiger partial charge on any atom is 0.0159 e. The first-order valence-corrected chi connectivity index (χ1v) is 15.9. The predicted octanol–water partition coefficient (Wildman–Crippen LogP) is 12.5. The summed E-state index contributed by atoms with van der Waals surface area (Å²) in [7, 11) is 0. The third kappa shape index (κ3) is 3.85.